The highest BCUT2D eigenvalue weighted by molar-refractivity contribution is 6.08. The number of hydrogen-bond donors (Lipinski definition) is 2. The van der Waals surface area contributed by atoms with Gasteiger partial charge in [0, 0.05) is 0 Å². The minimum absolute atomic E-state index is 0.295. The highest BCUT2D eigenvalue weighted by atomic mass is 19.4. The van der Waals surface area contributed by atoms with Gasteiger partial charge in [0.1, 0.15) is 0 Å². The summed E-state index contributed by atoms with van der Waals surface area (Å²) in [6, 6.07) is 4.54. The maximum atomic E-state index is 13.8. The summed E-state index contributed by atoms with van der Waals surface area (Å²) < 4.78 is 41.5. The predicted molar refractivity (Wildman–Crippen MR) is 77.8 cm³/mol. The fraction of sp³-hybridized carbons (Fsp3) is 0.500. The second-order valence-electron chi connectivity index (χ2n) is 6.14. The highest BCUT2D eigenvalue weighted by Crippen LogP contribution is 2.44. The molecule has 3 unspecified atom stereocenters. The Kier molecular flexibility index (Phi) is 4.03. The molecule has 8 heteroatoms. The van der Waals surface area contributed by atoms with E-state index in [-0.39, 0.29) is 5.56 Å². The van der Waals surface area contributed by atoms with Crippen LogP contribution < -0.4 is 5.32 Å². The number of amides is 3. The van der Waals surface area contributed by atoms with Crippen molar-refractivity contribution in [2.45, 2.75) is 49.5 Å². The van der Waals surface area contributed by atoms with Crippen LogP contribution in [0.4, 0.5) is 18.0 Å². The molecule has 1 aliphatic carbocycles. The molecule has 3 rings (SSSR count). The number of nitrogens with one attached hydrogen (secondary N) is 1. The fourth-order valence-electron chi connectivity index (χ4n) is 3.48. The zero-order chi connectivity index (χ0) is 17.5. The van der Waals surface area contributed by atoms with Crippen molar-refractivity contribution >= 4 is 11.9 Å². The van der Waals surface area contributed by atoms with Gasteiger partial charge >= 0.3 is 12.2 Å². The van der Waals surface area contributed by atoms with E-state index >= 15 is 0 Å². The van der Waals surface area contributed by atoms with Crippen LogP contribution in [0.25, 0.3) is 0 Å². The average Bonchev–Trinajstić information content (AvgIpc) is 2.81. The number of alkyl halides is 3. The SMILES string of the molecule is O=C1NC(c2ccccc2)(C(F)(F)F)C(=O)N1C1CCCCC1O. The Hall–Kier alpha value is -2.09. The van der Waals surface area contributed by atoms with E-state index in [1.54, 1.807) is 0 Å². The van der Waals surface area contributed by atoms with Gasteiger partial charge in [0.15, 0.2) is 0 Å². The van der Waals surface area contributed by atoms with Gasteiger partial charge in [-0.25, -0.2) is 4.79 Å². The van der Waals surface area contributed by atoms with Crippen LogP contribution in [-0.4, -0.2) is 40.3 Å². The molecule has 0 bridgehead atoms. The Morgan fingerprint density at radius 1 is 1.12 bits per heavy atom. The van der Waals surface area contributed by atoms with Crippen molar-refractivity contribution in [2.24, 2.45) is 0 Å². The molecule has 0 spiro atoms. The first-order valence-corrected chi connectivity index (χ1v) is 7.75. The maximum Gasteiger partial charge on any atom is 0.425 e. The Bertz CT molecular complexity index is 650. The second-order valence-corrected chi connectivity index (χ2v) is 6.14. The molecule has 3 amide bonds. The number of carbonyl (C=O) groups is 2. The third kappa shape index (κ3) is 2.36. The maximum absolute atomic E-state index is 13.8. The molecule has 1 aromatic carbocycles. The molecule has 24 heavy (non-hydrogen) atoms. The van der Waals surface area contributed by atoms with Gasteiger partial charge in [-0.1, -0.05) is 43.2 Å². The quantitative estimate of drug-likeness (QED) is 0.811. The molecular formula is C16H17F3N2O3. The lowest BCUT2D eigenvalue weighted by Crippen LogP contribution is -2.56. The first kappa shape index (κ1) is 16.8. The highest BCUT2D eigenvalue weighted by Gasteiger charge is 2.69. The molecule has 0 radical (unpaired) electrons. The molecule has 2 fully saturated rings. The second kappa shape index (κ2) is 5.77. The molecule has 0 aromatic heterocycles. The minimum Gasteiger partial charge on any atom is -0.391 e. The van der Waals surface area contributed by atoms with E-state index in [1.807, 2.05) is 5.32 Å². The van der Waals surface area contributed by atoms with Gasteiger partial charge in [0.25, 0.3) is 5.91 Å². The third-order valence-electron chi connectivity index (χ3n) is 4.71. The molecule has 1 aliphatic heterocycles. The number of nitrogens with zero attached hydrogens (tertiary/aromatic N) is 1. The topological polar surface area (TPSA) is 69.6 Å². The summed E-state index contributed by atoms with van der Waals surface area (Å²) in [6.07, 6.45) is -4.01. The van der Waals surface area contributed by atoms with Gasteiger partial charge in [0.2, 0.25) is 5.54 Å². The predicted octanol–water partition coefficient (Wildman–Crippen LogP) is 2.30. The number of aliphatic hydroxyl groups excluding tert-OH is 1. The summed E-state index contributed by atoms with van der Waals surface area (Å²) in [5.41, 5.74) is -3.45. The Labute approximate surface area is 136 Å². The van der Waals surface area contributed by atoms with Crippen LogP contribution in [-0.2, 0) is 10.3 Å². The summed E-state index contributed by atoms with van der Waals surface area (Å²) in [5, 5.41) is 11.9. The molecule has 5 nitrogen and oxygen atoms in total. The lowest BCUT2D eigenvalue weighted by molar-refractivity contribution is -0.199. The standard InChI is InChI=1S/C16H17F3N2O3/c17-16(18,19)15(10-6-2-1-3-7-10)13(23)21(14(24)20-15)11-8-4-5-9-12(11)22/h1-3,6-7,11-12,22H,4-5,8-9H2,(H,20,24). The van der Waals surface area contributed by atoms with Crippen molar-refractivity contribution in [1.82, 2.24) is 10.2 Å². The van der Waals surface area contributed by atoms with E-state index in [4.69, 9.17) is 0 Å². The van der Waals surface area contributed by atoms with Crippen molar-refractivity contribution in [3.05, 3.63) is 35.9 Å². The summed E-state index contributed by atoms with van der Waals surface area (Å²) in [7, 11) is 0. The van der Waals surface area contributed by atoms with Crippen LogP contribution in [0, 0.1) is 0 Å². The van der Waals surface area contributed by atoms with Gasteiger partial charge in [-0.05, 0) is 18.4 Å². The molecule has 3 atom stereocenters. The van der Waals surface area contributed by atoms with E-state index in [1.165, 1.54) is 18.2 Å². The number of halogens is 3. The molecule has 1 saturated heterocycles. The summed E-state index contributed by atoms with van der Waals surface area (Å²) in [4.78, 5) is 25.5. The number of benzene rings is 1. The fourth-order valence-corrected chi connectivity index (χ4v) is 3.48. The number of aliphatic hydroxyl groups is 1. The van der Waals surface area contributed by atoms with E-state index in [2.05, 4.69) is 0 Å². The number of urea groups is 1. The lowest BCUT2D eigenvalue weighted by Gasteiger charge is -2.34. The van der Waals surface area contributed by atoms with E-state index < -0.39 is 35.8 Å². The van der Waals surface area contributed by atoms with Crippen molar-refractivity contribution in [1.29, 1.82) is 0 Å². The van der Waals surface area contributed by atoms with Gasteiger partial charge in [-0.3, -0.25) is 9.69 Å². The van der Waals surface area contributed by atoms with Crippen molar-refractivity contribution < 1.29 is 27.9 Å². The summed E-state index contributed by atoms with van der Waals surface area (Å²) in [5.74, 6) is -1.38. The molecule has 2 N–H and O–H groups in total. The first-order chi connectivity index (χ1) is 11.3. The van der Waals surface area contributed by atoms with Gasteiger partial charge < -0.3 is 10.4 Å². The third-order valence-corrected chi connectivity index (χ3v) is 4.71. The average molecular weight is 342 g/mol. The van der Waals surface area contributed by atoms with Crippen molar-refractivity contribution in [2.75, 3.05) is 0 Å². The van der Waals surface area contributed by atoms with Crippen LogP contribution in [0.5, 0.6) is 0 Å². The summed E-state index contributed by atoms with van der Waals surface area (Å²) in [6.45, 7) is 0. The molecule has 1 heterocycles. The molecular weight excluding hydrogens is 325 g/mol. The molecule has 2 aliphatic rings. The van der Waals surface area contributed by atoms with Crippen molar-refractivity contribution in [3.8, 4) is 0 Å². The minimum atomic E-state index is -5.00. The van der Waals surface area contributed by atoms with E-state index in [0.717, 1.165) is 12.1 Å². The van der Waals surface area contributed by atoms with Crippen LogP contribution in [0.2, 0.25) is 0 Å². The number of hydrogen-bond acceptors (Lipinski definition) is 3. The van der Waals surface area contributed by atoms with Gasteiger partial charge in [-0.15, -0.1) is 0 Å². The largest absolute Gasteiger partial charge is 0.425 e. The Balaban J connectivity index is 2.06. The zero-order valence-corrected chi connectivity index (χ0v) is 12.7. The first-order valence-electron chi connectivity index (χ1n) is 7.75. The van der Waals surface area contributed by atoms with E-state index in [9.17, 15) is 27.9 Å². The molecule has 1 aromatic rings. The number of imide groups is 1. The Morgan fingerprint density at radius 2 is 1.75 bits per heavy atom. The summed E-state index contributed by atoms with van der Waals surface area (Å²) >= 11 is 0. The Morgan fingerprint density at radius 3 is 2.33 bits per heavy atom. The van der Waals surface area contributed by atoms with Crippen LogP contribution in [0.15, 0.2) is 30.3 Å². The van der Waals surface area contributed by atoms with Crippen LogP contribution >= 0.6 is 0 Å². The molecule has 1 saturated carbocycles. The monoisotopic (exact) mass is 342 g/mol. The number of carbonyl (C=O) groups excluding carboxylic acids is 2. The zero-order valence-electron chi connectivity index (χ0n) is 12.7. The van der Waals surface area contributed by atoms with Gasteiger partial charge in [0.05, 0.1) is 12.1 Å². The van der Waals surface area contributed by atoms with E-state index in [0.29, 0.717) is 30.6 Å². The number of rotatable bonds is 2. The van der Waals surface area contributed by atoms with Crippen molar-refractivity contribution in [3.63, 3.8) is 0 Å². The van der Waals surface area contributed by atoms with Crippen LogP contribution in [0.3, 0.4) is 0 Å². The molecule has 130 valence electrons. The lowest BCUT2D eigenvalue weighted by atomic mass is 9.87. The normalized spacial score (nSPS) is 31.2. The smallest absolute Gasteiger partial charge is 0.391 e. The van der Waals surface area contributed by atoms with Gasteiger partial charge in [-0.2, -0.15) is 13.2 Å². The van der Waals surface area contributed by atoms with Crippen LogP contribution in [0.1, 0.15) is 31.2 Å².